The van der Waals surface area contributed by atoms with E-state index in [9.17, 15) is 5.53 Å². The fourth-order valence-corrected chi connectivity index (χ4v) is 9.20. The van der Waals surface area contributed by atoms with Crippen molar-refractivity contribution < 1.29 is 21.2 Å². The van der Waals surface area contributed by atoms with Crippen molar-refractivity contribution in [3.63, 3.8) is 0 Å². The van der Waals surface area contributed by atoms with Gasteiger partial charge in [-0.2, -0.15) is 12.8 Å². The van der Waals surface area contributed by atoms with Crippen molar-refractivity contribution in [3.05, 3.63) is 99.8 Å². The maximum absolute atomic E-state index is 12.6. The van der Waals surface area contributed by atoms with E-state index in [1.807, 2.05) is 0 Å². The number of rotatable bonds is 35. The van der Waals surface area contributed by atoms with Crippen LogP contribution in [0.25, 0.3) is 16.9 Å². The second-order valence-electron chi connectivity index (χ2n) is 19.8. The average Bonchev–Trinajstić information content (AvgIpc) is 3.68. The van der Waals surface area contributed by atoms with Gasteiger partial charge in [-0.05, 0) is 141 Å². The number of nitrogens with zero attached hydrogens (tertiary/aromatic N) is 2. The molecule has 2 aromatic carbocycles. The zero-order chi connectivity index (χ0) is 49.3. The number of hydrogen-bond acceptors (Lipinski definition) is 0. The second-order valence-corrected chi connectivity index (χ2v) is 19.8. The molecule has 0 radical (unpaired) electrons. The molecule has 0 saturated heterocycles. The maximum Gasteiger partial charge on any atom is 2.00 e. The number of benzene rings is 2. The van der Waals surface area contributed by atoms with Crippen LogP contribution < -0.4 is 0 Å². The Hall–Kier alpha value is -2.43. The molecule has 0 atom stereocenters. The third kappa shape index (κ3) is 26.7. The second kappa shape index (κ2) is 44.5. The van der Waals surface area contributed by atoms with Gasteiger partial charge in [0.25, 0.3) is 0 Å². The summed E-state index contributed by atoms with van der Waals surface area (Å²) in [5.74, 6) is 7.11. The first-order valence-corrected chi connectivity index (χ1v) is 29.1. The summed E-state index contributed by atoms with van der Waals surface area (Å²) in [6, 6.07) is 9.91. The molecule has 1 aliphatic rings. The van der Waals surface area contributed by atoms with E-state index in [-0.39, 0.29) is 16.5 Å². The molecule has 3 heteroatoms. The van der Waals surface area contributed by atoms with E-state index >= 15 is 0 Å². The number of allylic oxidation sites excluding steroid dienone is 2. The minimum atomic E-state index is 0. The molecule has 0 aliphatic carbocycles. The van der Waals surface area contributed by atoms with Gasteiger partial charge in [-0.25, -0.2) is 4.70 Å². The molecule has 0 N–H and O–H groups in total. The molecule has 1 aliphatic heterocycles. The zero-order valence-corrected chi connectivity index (χ0v) is 47.5. The summed E-state index contributed by atoms with van der Waals surface area (Å²) in [5, 5.41) is 0. The van der Waals surface area contributed by atoms with Crippen molar-refractivity contribution in [1.82, 2.24) is 0 Å². The quantitative estimate of drug-likeness (QED) is 0.0216. The van der Waals surface area contributed by atoms with Crippen LogP contribution in [0.3, 0.4) is 0 Å². The van der Waals surface area contributed by atoms with E-state index in [1.165, 1.54) is 202 Å². The van der Waals surface area contributed by atoms with Crippen molar-refractivity contribution in [1.29, 1.82) is 0 Å². The summed E-state index contributed by atoms with van der Waals surface area (Å²) < 4.78 is 1.56. The summed E-state index contributed by atoms with van der Waals surface area (Å²) in [6.07, 6.45) is 46.2. The van der Waals surface area contributed by atoms with Gasteiger partial charge >= 0.3 is 16.5 Å². The van der Waals surface area contributed by atoms with E-state index in [0.29, 0.717) is 0 Å². The fraction of sp³-hybridized carbons (Fsp3) is 0.692. The van der Waals surface area contributed by atoms with Crippen LogP contribution in [-0.2, 0) is 55.0 Å². The fourth-order valence-electron chi connectivity index (χ4n) is 9.20. The van der Waals surface area contributed by atoms with Crippen LogP contribution in [0.5, 0.6) is 0 Å². The van der Waals surface area contributed by atoms with Gasteiger partial charge in [0.05, 0.1) is 0 Å². The summed E-state index contributed by atoms with van der Waals surface area (Å²) in [7, 11) is 0. The number of aryl methyl sites for hydroxylation is 4. The topological polar surface area (TPSA) is 25.3 Å². The molecule has 3 rings (SSSR count). The molecule has 0 spiro atoms. The molecule has 2 aromatic rings. The molecular formula is C65H108N2Ni. The monoisotopic (exact) mass is 975 g/mol. The molecule has 0 unspecified atom stereocenters. The summed E-state index contributed by atoms with van der Waals surface area (Å²) in [4.78, 5) is 0. The predicted octanol–water partition coefficient (Wildman–Crippen LogP) is 21.3. The summed E-state index contributed by atoms with van der Waals surface area (Å²) >= 11 is 0. The van der Waals surface area contributed by atoms with Crippen molar-refractivity contribution in [2.75, 3.05) is 0 Å². The number of unbranched alkanes of at least 4 members (excludes halogenated alkanes) is 21. The Morgan fingerprint density at radius 1 is 0.412 bits per heavy atom. The largest absolute Gasteiger partial charge is 2.00 e. The average molecular weight is 976 g/mol. The molecule has 1 heterocycles. The van der Waals surface area contributed by atoms with Crippen LogP contribution in [0, 0.1) is 25.7 Å². The van der Waals surface area contributed by atoms with Gasteiger partial charge in [0, 0.05) is 23.6 Å². The van der Waals surface area contributed by atoms with E-state index in [2.05, 4.69) is 118 Å². The maximum atomic E-state index is 12.6. The molecule has 0 bridgehead atoms. The van der Waals surface area contributed by atoms with Crippen molar-refractivity contribution in [2.24, 2.45) is 0 Å². The first-order valence-electron chi connectivity index (χ1n) is 29.1. The Kier molecular flexibility index (Phi) is 42.9. The first kappa shape index (κ1) is 65.6. The third-order valence-corrected chi connectivity index (χ3v) is 13.5. The molecule has 2 nitrogen and oxygen atoms in total. The van der Waals surface area contributed by atoms with Gasteiger partial charge in [-0.3, -0.25) is 0 Å². The van der Waals surface area contributed by atoms with E-state index in [1.54, 1.807) is 15.8 Å². The van der Waals surface area contributed by atoms with Crippen molar-refractivity contribution >= 4 is 11.4 Å². The molecule has 388 valence electrons. The zero-order valence-electron chi connectivity index (χ0n) is 46.5. The van der Waals surface area contributed by atoms with E-state index < -0.39 is 0 Å². The van der Waals surface area contributed by atoms with Crippen LogP contribution in [0.1, 0.15) is 299 Å². The van der Waals surface area contributed by atoms with Crippen LogP contribution >= 0.6 is 0 Å². The molecule has 0 aromatic heterocycles. The minimum Gasteiger partial charge on any atom is -0.493 e. The normalized spacial score (nSPS) is 11.9. The Balaban J connectivity index is 0.00000460. The molecule has 0 amide bonds. The Morgan fingerprint density at radius 3 is 1.01 bits per heavy atom. The molecule has 68 heavy (non-hydrogen) atoms. The first-order chi connectivity index (χ1) is 32.8. The van der Waals surface area contributed by atoms with Gasteiger partial charge in [0.15, 0.2) is 0 Å². The van der Waals surface area contributed by atoms with Crippen LogP contribution in [0.2, 0.25) is 0 Å². The van der Waals surface area contributed by atoms with Crippen molar-refractivity contribution in [2.45, 2.75) is 293 Å². The standard InChI is InChI=1S/C57H90N2.2C4H9.Ni/c1-8-15-22-29-35-47-42-52(43-48(36-30-23-16-9-2)54(47)40-33-26-19-12-5)56-46-51(39-28-21-14-7)57(59(56)58)53-44-49(37-31-24-17-10-3)55(41-34-27-20-13-6)50(45-53)38-32-25-18-11-4;2*1-3-4-2;/h42-46H,8-27,29-38,40-41H2,1-7H3;2*1,3-4H2,2H3;/q;2*-1;+2. The predicted molar refractivity (Wildman–Crippen MR) is 302 cm³/mol. The smallest absolute Gasteiger partial charge is 0.493 e. The van der Waals surface area contributed by atoms with Gasteiger partial charge in [0.2, 0.25) is 11.4 Å². The van der Waals surface area contributed by atoms with Gasteiger partial charge in [-0.1, -0.05) is 203 Å². The SMILES string of the molecule is CCCC#CC1=C(c2cc(CCCCCC)c(CCCCCC)c(CCCCCC)c2)[N+](=[N-])C(c2cc(CCCCCC)c(CCCCCC)c(CCCCCC)c2)=C1.[CH2-]CCC.[CH2-]CCC.[Ni+2]. The van der Waals surface area contributed by atoms with Gasteiger partial charge in [-0.15, -0.1) is 0 Å². The third-order valence-electron chi connectivity index (χ3n) is 13.5. The summed E-state index contributed by atoms with van der Waals surface area (Å²) in [6.45, 7) is 27.5. The van der Waals surface area contributed by atoms with Crippen molar-refractivity contribution in [3.8, 4) is 11.8 Å². The Bertz CT molecular complexity index is 1620. The molecule has 0 fully saturated rings. The molecule has 0 saturated carbocycles. The van der Waals surface area contributed by atoms with Crippen LogP contribution in [0.4, 0.5) is 0 Å². The Morgan fingerprint density at radius 2 is 0.721 bits per heavy atom. The van der Waals surface area contributed by atoms with Gasteiger partial charge in [0.1, 0.15) is 5.57 Å². The molecular weight excluding hydrogens is 867 g/mol. The summed E-state index contributed by atoms with van der Waals surface area (Å²) in [5.41, 5.74) is 27.0. The van der Waals surface area contributed by atoms with Gasteiger partial charge < -0.3 is 19.4 Å². The van der Waals surface area contributed by atoms with E-state index in [0.717, 1.165) is 79.5 Å². The minimum absolute atomic E-state index is 0. The Labute approximate surface area is 435 Å². The van der Waals surface area contributed by atoms with Crippen LogP contribution in [0.15, 0.2) is 35.9 Å². The number of hydrogen-bond donors (Lipinski definition) is 0. The van der Waals surface area contributed by atoms with Crippen LogP contribution in [-0.4, -0.2) is 4.70 Å². The van der Waals surface area contributed by atoms with E-state index in [4.69, 9.17) is 0 Å².